The van der Waals surface area contributed by atoms with E-state index >= 15 is 0 Å². The van der Waals surface area contributed by atoms with E-state index in [0.717, 1.165) is 28.1 Å². The summed E-state index contributed by atoms with van der Waals surface area (Å²) in [5.41, 5.74) is 7.21. The van der Waals surface area contributed by atoms with Gasteiger partial charge >= 0.3 is 0 Å². The Bertz CT molecular complexity index is 3220. The molecule has 0 aliphatic carbocycles. The van der Waals surface area contributed by atoms with Gasteiger partial charge in [0.2, 0.25) is 0 Å². The zero-order valence-corrected chi connectivity index (χ0v) is 39.6. The minimum Gasteiger partial charge on any atom is -0.228 e. The Hall–Kier alpha value is -8.29. The Morgan fingerprint density at radius 2 is 0.485 bits per heavy atom. The molecule has 0 saturated heterocycles. The number of benzene rings is 10. The zero-order valence-electron chi connectivity index (χ0n) is 37.6. The van der Waals surface area contributed by atoms with E-state index in [4.69, 9.17) is 9.97 Å². The maximum absolute atomic E-state index is 5.56. The predicted octanol–water partition coefficient (Wildman–Crippen LogP) is 9.90. The highest BCUT2D eigenvalue weighted by Gasteiger charge is 2.46. The van der Waals surface area contributed by atoms with Crippen molar-refractivity contribution in [2.24, 2.45) is 0 Å². The van der Waals surface area contributed by atoms with Crippen molar-refractivity contribution in [3.8, 4) is 45.0 Å². The SMILES string of the molecule is c1ccc(-c2cccc([Si](c3ccccc3)(c3ccccc3)c3cc(-c4cc(-c5ccccc5)nc(-c5ccccc5)n4)cc([Si](c4ccccc4)(c4ccccc4)c4ccccc4)c3)c2)cc1. The molecule has 0 aliphatic heterocycles. The van der Waals surface area contributed by atoms with Crippen LogP contribution in [0.5, 0.6) is 0 Å². The Balaban J connectivity index is 1.32. The molecule has 0 fully saturated rings. The molecule has 4 heteroatoms. The third kappa shape index (κ3) is 7.86. The van der Waals surface area contributed by atoms with Gasteiger partial charge in [0.25, 0.3) is 0 Å². The van der Waals surface area contributed by atoms with E-state index in [0.29, 0.717) is 5.82 Å². The largest absolute Gasteiger partial charge is 0.228 e. The van der Waals surface area contributed by atoms with Gasteiger partial charge in [-0.05, 0) is 58.7 Å². The van der Waals surface area contributed by atoms with Crippen molar-refractivity contribution in [3.05, 3.63) is 291 Å². The first-order valence-corrected chi connectivity index (χ1v) is 27.3. The van der Waals surface area contributed by atoms with Crippen LogP contribution in [0.25, 0.3) is 45.0 Å². The summed E-state index contributed by atoms with van der Waals surface area (Å²) in [5.74, 6) is 0.691. The second-order valence-corrected chi connectivity index (χ2v) is 24.9. The molecule has 0 atom stereocenters. The summed E-state index contributed by atoms with van der Waals surface area (Å²) >= 11 is 0. The number of hydrogen-bond acceptors (Lipinski definition) is 2. The van der Waals surface area contributed by atoms with Gasteiger partial charge < -0.3 is 0 Å². The van der Waals surface area contributed by atoms with E-state index in [2.05, 4.69) is 285 Å². The van der Waals surface area contributed by atoms with Crippen molar-refractivity contribution >= 4 is 57.6 Å². The summed E-state index contributed by atoms with van der Waals surface area (Å²) in [6, 6.07) is 107. The van der Waals surface area contributed by atoms with Crippen LogP contribution in [-0.4, -0.2) is 26.1 Å². The van der Waals surface area contributed by atoms with Crippen molar-refractivity contribution in [2.75, 3.05) is 0 Å². The third-order valence-corrected chi connectivity index (χ3v) is 22.8. The number of nitrogens with zero attached hydrogens (tertiary/aromatic N) is 2. The van der Waals surface area contributed by atoms with Crippen LogP contribution in [0.4, 0.5) is 0 Å². The van der Waals surface area contributed by atoms with E-state index in [9.17, 15) is 0 Å². The molecule has 11 aromatic rings. The fourth-order valence-corrected chi connectivity index (χ4v) is 20.1. The molecule has 2 nitrogen and oxygen atoms in total. The van der Waals surface area contributed by atoms with Crippen LogP contribution in [0, 0.1) is 0 Å². The first-order chi connectivity index (χ1) is 33.7. The van der Waals surface area contributed by atoms with Crippen molar-refractivity contribution in [1.82, 2.24) is 9.97 Å². The molecular weight excluding hydrogens is 853 g/mol. The highest BCUT2D eigenvalue weighted by atomic mass is 28.3. The smallest absolute Gasteiger partial charge is 0.179 e. The van der Waals surface area contributed by atoms with Gasteiger partial charge in [-0.1, -0.05) is 285 Å². The minimum atomic E-state index is -3.22. The number of aromatic nitrogens is 2. The summed E-state index contributed by atoms with van der Waals surface area (Å²) in [7, 11) is -6.33. The van der Waals surface area contributed by atoms with Gasteiger partial charge in [0, 0.05) is 16.7 Å². The van der Waals surface area contributed by atoms with Crippen LogP contribution in [0.15, 0.2) is 291 Å². The van der Waals surface area contributed by atoms with Crippen molar-refractivity contribution in [3.63, 3.8) is 0 Å². The summed E-state index contributed by atoms with van der Waals surface area (Å²) in [4.78, 5) is 10.8. The molecular formula is C64H48N2Si2. The normalized spacial score (nSPS) is 11.5. The van der Waals surface area contributed by atoms with E-state index in [1.807, 2.05) is 6.07 Å². The molecule has 0 N–H and O–H groups in total. The van der Waals surface area contributed by atoms with Gasteiger partial charge in [0.15, 0.2) is 22.0 Å². The summed E-state index contributed by atoms with van der Waals surface area (Å²) < 4.78 is 0. The lowest BCUT2D eigenvalue weighted by atomic mass is 10.1. The van der Waals surface area contributed by atoms with E-state index in [-0.39, 0.29) is 0 Å². The second-order valence-electron chi connectivity index (χ2n) is 17.3. The topological polar surface area (TPSA) is 25.8 Å². The number of rotatable bonds is 12. The molecule has 0 bridgehead atoms. The molecule has 1 heterocycles. The average Bonchev–Trinajstić information content (AvgIpc) is 3.43. The lowest BCUT2D eigenvalue weighted by Gasteiger charge is -2.38. The fourth-order valence-electron chi connectivity index (χ4n) is 10.3. The Kier molecular flexibility index (Phi) is 11.8. The monoisotopic (exact) mass is 900 g/mol. The van der Waals surface area contributed by atoms with Crippen molar-refractivity contribution in [2.45, 2.75) is 0 Å². The molecule has 0 spiro atoms. The third-order valence-electron chi connectivity index (χ3n) is 13.4. The molecule has 0 amide bonds. The summed E-state index contributed by atoms with van der Waals surface area (Å²) in [6.45, 7) is 0. The zero-order chi connectivity index (χ0) is 45.6. The predicted molar refractivity (Wildman–Crippen MR) is 291 cm³/mol. The van der Waals surface area contributed by atoms with Crippen LogP contribution in [-0.2, 0) is 0 Å². The molecule has 1 aromatic heterocycles. The quantitative estimate of drug-likeness (QED) is 0.0902. The van der Waals surface area contributed by atoms with Crippen molar-refractivity contribution < 1.29 is 0 Å². The molecule has 0 aliphatic rings. The maximum Gasteiger partial charge on any atom is 0.179 e. The average molecular weight is 901 g/mol. The molecule has 322 valence electrons. The van der Waals surface area contributed by atoms with E-state index < -0.39 is 16.1 Å². The van der Waals surface area contributed by atoms with Crippen LogP contribution in [0.3, 0.4) is 0 Å². The van der Waals surface area contributed by atoms with E-state index in [1.54, 1.807) is 0 Å². The number of hydrogen-bond donors (Lipinski definition) is 0. The first-order valence-electron chi connectivity index (χ1n) is 23.3. The Labute approximate surface area is 401 Å². The van der Waals surface area contributed by atoms with Crippen LogP contribution in [0.2, 0.25) is 0 Å². The highest BCUT2D eigenvalue weighted by Crippen LogP contribution is 2.29. The Morgan fingerprint density at radius 3 is 0.897 bits per heavy atom. The van der Waals surface area contributed by atoms with E-state index in [1.165, 1.54) is 52.6 Å². The second kappa shape index (κ2) is 18.9. The lowest BCUT2D eigenvalue weighted by molar-refractivity contribution is 1.18. The molecule has 68 heavy (non-hydrogen) atoms. The maximum atomic E-state index is 5.56. The summed E-state index contributed by atoms with van der Waals surface area (Å²) in [6.07, 6.45) is 0. The van der Waals surface area contributed by atoms with Crippen LogP contribution < -0.4 is 41.5 Å². The first kappa shape index (κ1) is 42.4. The molecule has 0 unspecified atom stereocenters. The van der Waals surface area contributed by atoms with Crippen LogP contribution in [0.1, 0.15) is 0 Å². The van der Waals surface area contributed by atoms with Crippen molar-refractivity contribution in [1.29, 1.82) is 0 Å². The molecule has 0 saturated carbocycles. The van der Waals surface area contributed by atoms with Gasteiger partial charge in [-0.3, -0.25) is 0 Å². The van der Waals surface area contributed by atoms with Gasteiger partial charge in [-0.15, -0.1) is 0 Å². The minimum absolute atomic E-state index is 0.691. The Morgan fingerprint density at radius 1 is 0.191 bits per heavy atom. The van der Waals surface area contributed by atoms with Gasteiger partial charge in [-0.2, -0.15) is 0 Å². The summed E-state index contributed by atoms with van der Waals surface area (Å²) in [5, 5.41) is 10.4. The van der Waals surface area contributed by atoms with Gasteiger partial charge in [-0.25, -0.2) is 9.97 Å². The standard InChI is InChI=1S/C64H48N2Si2/c1-9-26-49(27-10-1)52-32-25-43-59(44-52)68(57-39-21-7-22-40-57,58-41-23-8-24-42-58)61-46-53(63-48-62(50-28-11-2-12-29-50)65-64(66-63)51-30-13-3-14-31-51)45-60(47-61)67(54-33-15-4-16-34-54,55-35-17-5-18-36-55)56-37-19-6-20-38-56/h1-48H. The molecule has 0 radical (unpaired) electrons. The molecule has 11 rings (SSSR count). The van der Waals surface area contributed by atoms with Crippen LogP contribution >= 0.6 is 0 Å². The molecule has 10 aromatic carbocycles. The lowest BCUT2D eigenvalue weighted by Crippen LogP contribution is -2.78. The van der Waals surface area contributed by atoms with Gasteiger partial charge in [0.05, 0.1) is 11.4 Å². The fraction of sp³-hybridized carbons (Fsp3) is 0. The van der Waals surface area contributed by atoms with Gasteiger partial charge in [0.1, 0.15) is 0 Å². The highest BCUT2D eigenvalue weighted by molar-refractivity contribution is 7.22.